The maximum absolute atomic E-state index is 4.65. The smallest absolute Gasteiger partial charge is 0.141 e. The molecule has 4 heterocycles. The topological polar surface area (TPSA) is 57.2 Å². The van der Waals surface area contributed by atoms with Gasteiger partial charge in [0.05, 0.1) is 0 Å². The van der Waals surface area contributed by atoms with Gasteiger partial charge in [0, 0.05) is 57.0 Å². The van der Waals surface area contributed by atoms with Crippen LogP contribution in [0.4, 0.5) is 11.6 Å². The number of anilines is 2. The molecule has 0 atom stereocenters. The van der Waals surface area contributed by atoms with Crippen molar-refractivity contribution in [2.45, 2.75) is 13.1 Å². The molecule has 3 aromatic heterocycles. The molecule has 1 saturated heterocycles. The fraction of sp³-hybridized carbons (Fsp3) is 0.240. The van der Waals surface area contributed by atoms with Gasteiger partial charge in [0.2, 0.25) is 0 Å². The lowest BCUT2D eigenvalue weighted by molar-refractivity contribution is 0.122. The molecular formula is C25H26N6S. The molecule has 0 unspecified atom stereocenters. The molecule has 0 bridgehead atoms. The third kappa shape index (κ3) is 5.37. The number of piperazine rings is 1. The molecule has 0 spiro atoms. The van der Waals surface area contributed by atoms with E-state index in [-0.39, 0.29) is 0 Å². The molecule has 4 aromatic rings. The molecule has 5 rings (SSSR count). The van der Waals surface area contributed by atoms with E-state index in [2.05, 4.69) is 66.5 Å². The van der Waals surface area contributed by atoms with E-state index in [9.17, 15) is 0 Å². The highest BCUT2D eigenvalue weighted by atomic mass is 32.1. The van der Waals surface area contributed by atoms with Crippen LogP contribution in [-0.2, 0) is 13.1 Å². The standard InChI is InChI=1S/C25H26N6S/c1-2-5-20(6-3-1)18-30-12-14-31(15-13-30)19-21-9-10-23(27-17-21)29-24-8-4-7-22(28-24)25-26-11-16-32-25/h1-11,16-17H,12-15,18-19H2,(H,27,28,29). The van der Waals surface area contributed by atoms with Gasteiger partial charge in [-0.3, -0.25) is 9.80 Å². The Bertz CT molecular complexity index is 1110. The highest BCUT2D eigenvalue weighted by Gasteiger charge is 2.17. The van der Waals surface area contributed by atoms with Crippen LogP contribution in [0.25, 0.3) is 10.7 Å². The summed E-state index contributed by atoms with van der Waals surface area (Å²) in [5.41, 5.74) is 3.49. The fourth-order valence-corrected chi connectivity index (χ4v) is 4.51. The number of hydrogen-bond donors (Lipinski definition) is 1. The van der Waals surface area contributed by atoms with Crippen LogP contribution in [0.5, 0.6) is 0 Å². The molecule has 162 valence electrons. The normalized spacial score (nSPS) is 15.0. The summed E-state index contributed by atoms with van der Waals surface area (Å²) in [7, 11) is 0. The van der Waals surface area contributed by atoms with E-state index in [0.29, 0.717) is 0 Å². The van der Waals surface area contributed by atoms with Crippen LogP contribution in [0.15, 0.2) is 78.4 Å². The van der Waals surface area contributed by atoms with Crippen molar-refractivity contribution in [3.05, 3.63) is 89.6 Å². The lowest BCUT2D eigenvalue weighted by Crippen LogP contribution is -2.45. The molecule has 0 radical (unpaired) electrons. The monoisotopic (exact) mass is 442 g/mol. The second-order valence-corrected chi connectivity index (χ2v) is 8.85. The molecule has 7 heteroatoms. The van der Waals surface area contributed by atoms with Gasteiger partial charge in [0.15, 0.2) is 0 Å². The molecule has 1 aliphatic rings. The first-order valence-electron chi connectivity index (χ1n) is 10.9. The summed E-state index contributed by atoms with van der Waals surface area (Å²) in [4.78, 5) is 18.6. The summed E-state index contributed by atoms with van der Waals surface area (Å²) in [6.07, 6.45) is 3.76. The second-order valence-electron chi connectivity index (χ2n) is 7.96. The van der Waals surface area contributed by atoms with Gasteiger partial charge in [0.1, 0.15) is 22.3 Å². The summed E-state index contributed by atoms with van der Waals surface area (Å²) in [5, 5.41) is 6.18. The fourth-order valence-electron chi connectivity index (χ4n) is 3.90. The lowest BCUT2D eigenvalue weighted by Gasteiger charge is -2.34. The predicted molar refractivity (Wildman–Crippen MR) is 130 cm³/mol. The van der Waals surface area contributed by atoms with Crippen LogP contribution >= 0.6 is 11.3 Å². The van der Waals surface area contributed by atoms with Crippen LogP contribution in [0.3, 0.4) is 0 Å². The van der Waals surface area contributed by atoms with Crippen molar-refractivity contribution in [2.24, 2.45) is 0 Å². The Morgan fingerprint density at radius 2 is 1.53 bits per heavy atom. The molecule has 0 saturated carbocycles. The number of thiazole rings is 1. The van der Waals surface area contributed by atoms with E-state index in [1.807, 2.05) is 35.8 Å². The van der Waals surface area contributed by atoms with Crippen molar-refractivity contribution >= 4 is 23.0 Å². The van der Waals surface area contributed by atoms with Crippen molar-refractivity contribution in [1.29, 1.82) is 0 Å². The second kappa shape index (κ2) is 9.99. The number of aromatic nitrogens is 3. The Morgan fingerprint density at radius 1 is 0.750 bits per heavy atom. The van der Waals surface area contributed by atoms with Gasteiger partial charge >= 0.3 is 0 Å². The van der Waals surface area contributed by atoms with Gasteiger partial charge in [-0.25, -0.2) is 15.0 Å². The number of benzene rings is 1. The van der Waals surface area contributed by atoms with Gasteiger partial charge in [0.25, 0.3) is 0 Å². The summed E-state index contributed by atoms with van der Waals surface area (Å²) < 4.78 is 0. The zero-order valence-corrected chi connectivity index (χ0v) is 18.7. The van der Waals surface area contributed by atoms with Gasteiger partial charge < -0.3 is 5.32 Å². The molecule has 1 N–H and O–H groups in total. The maximum Gasteiger partial charge on any atom is 0.141 e. The molecular weight excluding hydrogens is 416 g/mol. The van der Waals surface area contributed by atoms with Crippen LogP contribution in [0, 0.1) is 0 Å². The Kier molecular flexibility index (Phi) is 6.48. The van der Waals surface area contributed by atoms with E-state index in [4.69, 9.17) is 0 Å². The van der Waals surface area contributed by atoms with Crippen molar-refractivity contribution in [3.63, 3.8) is 0 Å². The Morgan fingerprint density at radius 3 is 2.22 bits per heavy atom. The van der Waals surface area contributed by atoms with Crippen LogP contribution in [-0.4, -0.2) is 50.9 Å². The minimum atomic E-state index is 0.771. The summed E-state index contributed by atoms with van der Waals surface area (Å²) in [6, 6.07) is 20.8. The first kappa shape index (κ1) is 20.8. The van der Waals surface area contributed by atoms with Crippen LogP contribution in [0.2, 0.25) is 0 Å². The highest BCUT2D eigenvalue weighted by Crippen LogP contribution is 2.22. The van der Waals surface area contributed by atoms with E-state index in [1.165, 1.54) is 11.1 Å². The van der Waals surface area contributed by atoms with E-state index in [1.54, 1.807) is 17.5 Å². The van der Waals surface area contributed by atoms with Crippen molar-refractivity contribution < 1.29 is 0 Å². The number of hydrogen-bond acceptors (Lipinski definition) is 7. The van der Waals surface area contributed by atoms with Crippen molar-refractivity contribution in [3.8, 4) is 10.7 Å². The SMILES string of the molecule is c1ccc(CN2CCN(Cc3ccc(Nc4cccc(-c5nccs5)n4)nc3)CC2)cc1. The Balaban J connectivity index is 1.13. The zero-order chi connectivity index (χ0) is 21.6. The van der Waals surface area contributed by atoms with Gasteiger partial charge in [-0.05, 0) is 29.3 Å². The quantitative estimate of drug-likeness (QED) is 0.449. The van der Waals surface area contributed by atoms with Gasteiger partial charge in [-0.15, -0.1) is 11.3 Å². The predicted octanol–water partition coefficient (Wildman–Crippen LogP) is 4.66. The average molecular weight is 443 g/mol. The highest BCUT2D eigenvalue weighted by molar-refractivity contribution is 7.13. The van der Waals surface area contributed by atoms with Crippen LogP contribution in [0.1, 0.15) is 11.1 Å². The minimum Gasteiger partial charge on any atom is -0.325 e. The largest absolute Gasteiger partial charge is 0.325 e. The molecule has 1 aromatic carbocycles. The number of pyridine rings is 2. The molecule has 1 fully saturated rings. The third-order valence-corrected chi connectivity index (χ3v) is 6.40. The number of nitrogens with one attached hydrogen (secondary N) is 1. The number of rotatable bonds is 7. The summed E-state index contributed by atoms with van der Waals surface area (Å²) in [5.74, 6) is 1.57. The van der Waals surface area contributed by atoms with E-state index < -0.39 is 0 Å². The summed E-state index contributed by atoms with van der Waals surface area (Å²) in [6.45, 7) is 6.34. The minimum absolute atomic E-state index is 0.771. The third-order valence-electron chi connectivity index (χ3n) is 5.60. The van der Waals surface area contributed by atoms with E-state index >= 15 is 0 Å². The summed E-state index contributed by atoms with van der Waals surface area (Å²) >= 11 is 1.59. The average Bonchev–Trinajstić information content (AvgIpc) is 3.38. The first-order chi connectivity index (χ1) is 15.8. The molecule has 32 heavy (non-hydrogen) atoms. The first-order valence-corrected chi connectivity index (χ1v) is 11.8. The van der Waals surface area contributed by atoms with Crippen molar-refractivity contribution in [2.75, 3.05) is 31.5 Å². The van der Waals surface area contributed by atoms with E-state index in [0.717, 1.165) is 61.6 Å². The Labute approximate surface area is 192 Å². The molecule has 6 nitrogen and oxygen atoms in total. The molecule has 0 amide bonds. The van der Waals surface area contributed by atoms with Gasteiger partial charge in [-0.2, -0.15) is 0 Å². The molecule has 0 aliphatic carbocycles. The Hall–Kier alpha value is -3.13. The maximum atomic E-state index is 4.65. The zero-order valence-electron chi connectivity index (χ0n) is 17.9. The lowest BCUT2D eigenvalue weighted by atomic mass is 10.2. The molecule has 1 aliphatic heterocycles. The van der Waals surface area contributed by atoms with Gasteiger partial charge in [-0.1, -0.05) is 42.5 Å². The van der Waals surface area contributed by atoms with Crippen LogP contribution < -0.4 is 5.32 Å². The number of nitrogens with zero attached hydrogens (tertiary/aromatic N) is 5. The van der Waals surface area contributed by atoms with Crippen molar-refractivity contribution in [1.82, 2.24) is 24.8 Å².